The summed E-state index contributed by atoms with van der Waals surface area (Å²) in [5.74, 6) is 0. The van der Waals surface area contributed by atoms with Gasteiger partial charge in [-0.1, -0.05) is 152 Å². The van der Waals surface area contributed by atoms with Gasteiger partial charge in [0.25, 0.3) is 0 Å². The zero-order chi connectivity index (χ0) is 36.2. The fourth-order valence-electron chi connectivity index (χ4n) is 8.31. The quantitative estimate of drug-likeness (QED) is 0.161. The van der Waals surface area contributed by atoms with Crippen molar-refractivity contribution in [1.29, 1.82) is 0 Å². The van der Waals surface area contributed by atoms with Crippen molar-refractivity contribution in [1.82, 2.24) is 9.13 Å². The maximum atomic E-state index is 8.71. The lowest BCUT2D eigenvalue weighted by molar-refractivity contribution is 1.15. The molecule has 0 unspecified atom stereocenters. The number of rotatable bonds is 5. The average molecular weight is 687 g/mol. The fraction of sp³-hybridized carbons (Fsp3) is 0. The molecule has 8 aromatic carbocycles. The SMILES string of the molecule is [C-]#[N+]c1c(-c2ccccc2)cc(-c2cccc3c4ccc5c6ccccc6n(-c6ccccc6)c5c4n(-c4ccccc4)c23)c([N+]#[C-])c1-c1ccccc1. The summed E-state index contributed by atoms with van der Waals surface area (Å²) in [7, 11) is 0. The molecule has 10 aromatic rings. The molecule has 4 heteroatoms. The lowest BCUT2D eigenvalue weighted by Crippen LogP contribution is -1.99. The summed E-state index contributed by atoms with van der Waals surface area (Å²) < 4.78 is 4.78. The molecule has 10 rings (SSSR count). The Labute approximate surface area is 312 Å². The Morgan fingerprint density at radius 3 is 1.48 bits per heavy atom. The highest BCUT2D eigenvalue weighted by Crippen LogP contribution is 2.52. The van der Waals surface area contributed by atoms with E-state index in [0.717, 1.165) is 72.0 Å². The molecule has 0 spiro atoms. The Kier molecular flexibility index (Phi) is 7.22. The van der Waals surface area contributed by atoms with E-state index >= 15 is 0 Å². The first-order chi connectivity index (χ1) is 26.8. The van der Waals surface area contributed by atoms with Crippen molar-refractivity contribution in [3.63, 3.8) is 0 Å². The molecular weight excluding hydrogens is 657 g/mol. The van der Waals surface area contributed by atoms with Crippen LogP contribution in [0.5, 0.6) is 0 Å². The Morgan fingerprint density at radius 2 is 0.833 bits per heavy atom. The highest BCUT2D eigenvalue weighted by molar-refractivity contribution is 6.25. The average Bonchev–Trinajstić information content (AvgIpc) is 3.77. The second-order valence-electron chi connectivity index (χ2n) is 13.4. The Bertz CT molecular complexity index is 3140. The summed E-state index contributed by atoms with van der Waals surface area (Å²) in [4.78, 5) is 8.38. The molecule has 0 fully saturated rings. The van der Waals surface area contributed by atoms with Crippen LogP contribution in [0, 0.1) is 13.1 Å². The van der Waals surface area contributed by atoms with Crippen molar-refractivity contribution in [3.8, 4) is 44.8 Å². The van der Waals surface area contributed by atoms with E-state index in [-0.39, 0.29) is 0 Å². The molecule has 0 atom stereocenters. The maximum Gasteiger partial charge on any atom is 0.192 e. The van der Waals surface area contributed by atoms with E-state index in [1.54, 1.807) is 0 Å². The van der Waals surface area contributed by atoms with Crippen LogP contribution in [-0.4, -0.2) is 9.13 Å². The van der Waals surface area contributed by atoms with Gasteiger partial charge in [-0.15, -0.1) is 0 Å². The van der Waals surface area contributed by atoms with Crippen LogP contribution in [0.3, 0.4) is 0 Å². The molecule has 0 aliphatic carbocycles. The number of aromatic nitrogens is 2. The van der Waals surface area contributed by atoms with Crippen LogP contribution in [0.1, 0.15) is 0 Å². The number of fused-ring (bicyclic) bond motifs is 7. The Morgan fingerprint density at radius 1 is 0.352 bits per heavy atom. The van der Waals surface area contributed by atoms with Crippen LogP contribution in [0.25, 0.3) is 98.1 Å². The zero-order valence-electron chi connectivity index (χ0n) is 29.1. The van der Waals surface area contributed by atoms with Gasteiger partial charge < -0.3 is 9.13 Å². The summed E-state index contributed by atoms with van der Waals surface area (Å²) in [6.07, 6.45) is 0. The summed E-state index contributed by atoms with van der Waals surface area (Å²) in [6.45, 7) is 17.2. The van der Waals surface area contributed by atoms with Crippen LogP contribution >= 0.6 is 0 Å². The van der Waals surface area contributed by atoms with E-state index < -0.39 is 0 Å². The van der Waals surface area contributed by atoms with Crippen LogP contribution in [-0.2, 0) is 0 Å². The van der Waals surface area contributed by atoms with E-state index in [9.17, 15) is 0 Å². The van der Waals surface area contributed by atoms with E-state index in [1.165, 1.54) is 10.8 Å². The first-order valence-corrected chi connectivity index (χ1v) is 17.9. The topological polar surface area (TPSA) is 18.6 Å². The summed E-state index contributed by atoms with van der Waals surface area (Å²) in [6, 6.07) is 62.7. The van der Waals surface area contributed by atoms with Gasteiger partial charge in [0, 0.05) is 32.9 Å². The molecule has 0 aliphatic rings. The molecule has 2 heterocycles. The fourth-order valence-corrected chi connectivity index (χ4v) is 8.31. The van der Waals surface area contributed by atoms with Crippen molar-refractivity contribution in [2.45, 2.75) is 0 Å². The van der Waals surface area contributed by atoms with Crippen LogP contribution in [0.2, 0.25) is 0 Å². The normalized spacial score (nSPS) is 11.3. The minimum Gasteiger partial charge on any atom is -0.307 e. The van der Waals surface area contributed by atoms with Crippen molar-refractivity contribution in [2.75, 3.05) is 0 Å². The molecule has 0 N–H and O–H groups in total. The van der Waals surface area contributed by atoms with E-state index in [0.29, 0.717) is 16.9 Å². The van der Waals surface area contributed by atoms with Crippen LogP contribution in [0.15, 0.2) is 182 Å². The first-order valence-electron chi connectivity index (χ1n) is 17.9. The van der Waals surface area contributed by atoms with Crippen molar-refractivity contribution >= 4 is 55.0 Å². The molecule has 0 bridgehead atoms. The van der Waals surface area contributed by atoms with Crippen molar-refractivity contribution in [2.24, 2.45) is 0 Å². The van der Waals surface area contributed by atoms with Gasteiger partial charge in [-0.2, -0.15) is 0 Å². The number of nitrogens with zero attached hydrogens (tertiary/aromatic N) is 4. The third-order valence-electron chi connectivity index (χ3n) is 10.5. The number of hydrogen-bond donors (Lipinski definition) is 0. The molecule has 0 saturated heterocycles. The second-order valence-corrected chi connectivity index (χ2v) is 13.4. The largest absolute Gasteiger partial charge is 0.307 e. The summed E-state index contributed by atoms with van der Waals surface area (Å²) in [5.41, 5.74) is 12.4. The predicted molar refractivity (Wildman–Crippen MR) is 224 cm³/mol. The second kappa shape index (κ2) is 12.5. The lowest BCUT2D eigenvalue weighted by Gasteiger charge is -2.19. The third kappa shape index (κ3) is 4.61. The molecule has 0 radical (unpaired) electrons. The molecule has 0 aliphatic heterocycles. The van der Waals surface area contributed by atoms with Crippen LogP contribution < -0.4 is 0 Å². The Hall–Kier alpha value is -7.66. The van der Waals surface area contributed by atoms with Crippen molar-refractivity contribution in [3.05, 3.63) is 205 Å². The Balaban J connectivity index is 1.43. The summed E-state index contributed by atoms with van der Waals surface area (Å²) >= 11 is 0. The molecule has 4 nitrogen and oxygen atoms in total. The highest BCUT2D eigenvalue weighted by Gasteiger charge is 2.26. The standard InChI is InChI=1S/C50H30N4/c1-51-46-42(33-18-7-3-8-19-33)32-43(47(52-2)45(46)34-20-9-4-10-21-34)39-28-17-27-38-41-31-30-40-37-26-15-16-29-44(37)53(35-22-11-5-12-23-35)49(40)50(41)54(48(38)39)36-24-13-6-14-25-36/h3-32H. The van der Waals surface area contributed by atoms with Gasteiger partial charge in [-0.3, -0.25) is 0 Å². The predicted octanol–water partition coefficient (Wildman–Crippen LogP) is 14.0. The summed E-state index contributed by atoms with van der Waals surface area (Å²) in [5, 5.41) is 4.57. The first kappa shape index (κ1) is 31.1. The molecule has 250 valence electrons. The van der Waals surface area contributed by atoms with Gasteiger partial charge in [0.1, 0.15) is 0 Å². The monoisotopic (exact) mass is 686 g/mol. The maximum absolute atomic E-state index is 8.71. The highest BCUT2D eigenvalue weighted by atomic mass is 15.0. The lowest BCUT2D eigenvalue weighted by atomic mass is 9.88. The van der Waals surface area contributed by atoms with Gasteiger partial charge in [0.2, 0.25) is 0 Å². The third-order valence-corrected chi connectivity index (χ3v) is 10.5. The van der Waals surface area contributed by atoms with Gasteiger partial charge in [-0.05, 0) is 63.7 Å². The molecule has 0 saturated carbocycles. The van der Waals surface area contributed by atoms with Gasteiger partial charge in [0.15, 0.2) is 11.4 Å². The smallest absolute Gasteiger partial charge is 0.192 e. The van der Waals surface area contributed by atoms with Crippen LogP contribution in [0.4, 0.5) is 11.4 Å². The van der Waals surface area contributed by atoms with Gasteiger partial charge in [-0.25, -0.2) is 9.69 Å². The van der Waals surface area contributed by atoms with E-state index in [4.69, 9.17) is 13.1 Å². The molecular formula is C50H30N4. The van der Waals surface area contributed by atoms with Gasteiger partial charge in [0.05, 0.1) is 35.2 Å². The van der Waals surface area contributed by atoms with E-state index in [2.05, 4.69) is 134 Å². The number of benzene rings is 8. The minimum atomic E-state index is 0.466. The minimum absolute atomic E-state index is 0.466. The molecule has 54 heavy (non-hydrogen) atoms. The number of para-hydroxylation sites is 4. The van der Waals surface area contributed by atoms with E-state index in [1.807, 2.05) is 66.7 Å². The van der Waals surface area contributed by atoms with Crippen molar-refractivity contribution < 1.29 is 0 Å². The zero-order valence-corrected chi connectivity index (χ0v) is 29.1. The van der Waals surface area contributed by atoms with Gasteiger partial charge >= 0.3 is 0 Å². The molecule has 0 amide bonds. The number of hydrogen-bond acceptors (Lipinski definition) is 0. The molecule has 2 aromatic heterocycles.